The third kappa shape index (κ3) is 4.34. The van der Waals surface area contributed by atoms with E-state index in [2.05, 4.69) is 10.9 Å². The summed E-state index contributed by atoms with van der Waals surface area (Å²) in [6, 6.07) is 14.0. The summed E-state index contributed by atoms with van der Waals surface area (Å²) >= 11 is 12.0. The highest BCUT2D eigenvalue weighted by Gasteiger charge is 2.36. The molecule has 2 unspecified atom stereocenters. The Morgan fingerprint density at radius 1 is 0.967 bits per heavy atom. The van der Waals surface area contributed by atoms with Gasteiger partial charge in [-0.3, -0.25) is 4.79 Å². The maximum Gasteiger partial charge on any atom is 0.244 e. The minimum Gasteiger partial charge on any atom is -0.339 e. The van der Waals surface area contributed by atoms with Gasteiger partial charge >= 0.3 is 0 Å². The molecule has 0 saturated carbocycles. The number of carbonyl (C=O) groups excluding carboxylic acids is 1. The van der Waals surface area contributed by atoms with E-state index in [1.54, 1.807) is 11.0 Å². The van der Waals surface area contributed by atoms with E-state index < -0.39 is 10.0 Å². The standard InChI is InChI=1S/C20H22Cl2N4O3S/c21-15-6-7-16(22)19(12-15)30(28,29)26-10-8-25(9-11-26)20(27)18-13-17(23-24-18)14-4-2-1-3-5-14/h1-7,12,17-18,23-24H,8-11,13H2. The Labute approximate surface area is 186 Å². The predicted octanol–water partition coefficient (Wildman–Crippen LogP) is 2.43. The monoisotopic (exact) mass is 468 g/mol. The van der Waals surface area contributed by atoms with Crippen molar-refractivity contribution in [3.05, 3.63) is 64.1 Å². The van der Waals surface area contributed by atoms with Crippen molar-refractivity contribution in [3.8, 4) is 0 Å². The van der Waals surface area contributed by atoms with Crippen molar-refractivity contribution >= 4 is 39.1 Å². The van der Waals surface area contributed by atoms with Crippen LogP contribution in [0.2, 0.25) is 10.0 Å². The van der Waals surface area contributed by atoms with Gasteiger partial charge in [-0.2, -0.15) is 4.31 Å². The summed E-state index contributed by atoms with van der Waals surface area (Å²) < 4.78 is 27.2. The molecule has 0 aromatic heterocycles. The van der Waals surface area contributed by atoms with Crippen LogP contribution in [0.1, 0.15) is 18.0 Å². The van der Waals surface area contributed by atoms with Gasteiger partial charge in [0.15, 0.2) is 0 Å². The van der Waals surface area contributed by atoms with Crippen molar-refractivity contribution in [3.63, 3.8) is 0 Å². The second kappa shape index (κ2) is 8.82. The largest absolute Gasteiger partial charge is 0.339 e. The van der Waals surface area contributed by atoms with Crippen LogP contribution in [0, 0.1) is 0 Å². The molecule has 10 heteroatoms. The number of benzene rings is 2. The molecule has 2 fully saturated rings. The molecule has 2 atom stereocenters. The number of nitrogens with zero attached hydrogens (tertiary/aromatic N) is 2. The zero-order valence-electron chi connectivity index (χ0n) is 16.1. The first kappa shape index (κ1) is 21.5. The lowest BCUT2D eigenvalue weighted by Gasteiger charge is -2.35. The van der Waals surface area contributed by atoms with Crippen molar-refractivity contribution in [2.75, 3.05) is 26.2 Å². The summed E-state index contributed by atoms with van der Waals surface area (Å²) in [7, 11) is -3.78. The highest BCUT2D eigenvalue weighted by Crippen LogP contribution is 2.29. The van der Waals surface area contributed by atoms with E-state index in [0.29, 0.717) is 24.5 Å². The summed E-state index contributed by atoms with van der Waals surface area (Å²) in [5.41, 5.74) is 7.38. The third-order valence-corrected chi connectivity index (χ3v) is 8.08. The zero-order chi connectivity index (χ0) is 21.3. The number of rotatable bonds is 4. The lowest BCUT2D eigenvalue weighted by molar-refractivity contribution is -0.134. The quantitative estimate of drug-likeness (QED) is 0.719. The second-order valence-corrected chi connectivity index (χ2v) is 10.1. The molecular weight excluding hydrogens is 447 g/mol. The summed E-state index contributed by atoms with van der Waals surface area (Å²) in [5, 5.41) is 0.436. The summed E-state index contributed by atoms with van der Waals surface area (Å²) in [5.74, 6) is -0.0289. The molecule has 2 heterocycles. The lowest BCUT2D eigenvalue weighted by Crippen LogP contribution is -2.54. The molecule has 2 aliphatic rings. The second-order valence-electron chi connectivity index (χ2n) is 7.34. The fourth-order valence-corrected chi connectivity index (χ4v) is 5.96. The lowest BCUT2D eigenvalue weighted by atomic mass is 10.0. The Kier molecular flexibility index (Phi) is 6.34. The number of nitrogens with one attached hydrogen (secondary N) is 2. The smallest absolute Gasteiger partial charge is 0.244 e. The molecule has 0 bridgehead atoms. The fraction of sp³-hybridized carbons (Fsp3) is 0.350. The van der Waals surface area contributed by atoms with E-state index in [0.717, 1.165) is 5.56 Å². The van der Waals surface area contributed by atoms with Crippen molar-refractivity contribution < 1.29 is 13.2 Å². The van der Waals surface area contributed by atoms with Crippen molar-refractivity contribution in [2.45, 2.75) is 23.4 Å². The Bertz CT molecular complexity index is 1030. The first-order valence-corrected chi connectivity index (χ1v) is 11.9. The van der Waals surface area contributed by atoms with Gasteiger partial charge in [-0.05, 0) is 30.2 Å². The van der Waals surface area contributed by atoms with Crippen LogP contribution in [0.15, 0.2) is 53.4 Å². The predicted molar refractivity (Wildman–Crippen MR) is 116 cm³/mol. The van der Waals surface area contributed by atoms with E-state index in [4.69, 9.17) is 23.2 Å². The average Bonchev–Trinajstić information content (AvgIpc) is 3.26. The van der Waals surface area contributed by atoms with Crippen molar-refractivity contribution in [1.82, 2.24) is 20.1 Å². The van der Waals surface area contributed by atoms with E-state index in [-0.39, 0.29) is 41.0 Å². The number of amides is 1. The minimum atomic E-state index is -3.78. The van der Waals surface area contributed by atoms with Crippen molar-refractivity contribution in [2.24, 2.45) is 0 Å². The molecule has 2 aromatic carbocycles. The van der Waals surface area contributed by atoms with E-state index in [1.807, 2.05) is 30.3 Å². The SMILES string of the molecule is O=C(C1CC(c2ccccc2)NN1)N1CCN(S(=O)(=O)c2cc(Cl)ccc2Cl)CC1. The molecule has 0 radical (unpaired) electrons. The van der Waals surface area contributed by atoms with Crippen LogP contribution in [0.25, 0.3) is 0 Å². The number of hydrogen-bond acceptors (Lipinski definition) is 5. The summed E-state index contributed by atoms with van der Waals surface area (Å²) in [4.78, 5) is 14.6. The van der Waals surface area contributed by atoms with E-state index >= 15 is 0 Å². The van der Waals surface area contributed by atoms with Gasteiger partial charge in [0, 0.05) is 37.2 Å². The molecule has 2 N–H and O–H groups in total. The maximum atomic E-state index is 12.9. The van der Waals surface area contributed by atoms with Gasteiger partial charge in [-0.1, -0.05) is 53.5 Å². The van der Waals surface area contributed by atoms with Gasteiger partial charge < -0.3 is 4.90 Å². The third-order valence-electron chi connectivity index (χ3n) is 5.46. The van der Waals surface area contributed by atoms with Gasteiger partial charge in [0.1, 0.15) is 10.9 Å². The molecule has 7 nitrogen and oxygen atoms in total. The van der Waals surface area contributed by atoms with Crippen LogP contribution in [0.4, 0.5) is 0 Å². The van der Waals surface area contributed by atoms with Crippen LogP contribution in [0.3, 0.4) is 0 Å². The fourth-order valence-electron chi connectivity index (χ4n) is 3.81. The van der Waals surface area contributed by atoms with Gasteiger partial charge in [-0.25, -0.2) is 19.3 Å². The molecule has 0 aliphatic carbocycles. The number of sulfonamides is 1. The van der Waals surface area contributed by atoms with E-state index in [9.17, 15) is 13.2 Å². The van der Waals surface area contributed by atoms with Crippen LogP contribution < -0.4 is 10.9 Å². The Morgan fingerprint density at radius 2 is 1.67 bits per heavy atom. The molecule has 30 heavy (non-hydrogen) atoms. The van der Waals surface area contributed by atoms with Gasteiger partial charge in [-0.15, -0.1) is 0 Å². The molecule has 2 aliphatic heterocycles. The van der Waals surface area contributed by atoms with Crippen LogP contribution in [-0.2, 0) is 14.8 Å². The van der Waals surface area contributed by atoms with Crippen LogP contribution in [0.5, 0.6) is 0 Å². The molecular formula is C20H22Cl2N4O3S. The highest BCUT2D eigenvalue weighted by atomic mass is 35.5. The molecule has 2 aromatic rings. The minimum absolute atomic E-state index is 0.0104. The first-order valence-electron chi connectivity index (χ1n) is 9.66. The number of carbonyl (C=O) groups is 1. The van der Waals surface area contributed by atoms with E-state index in [1.165, 1.54) is 16.4 Å². The highest BCUT2D eigenvalue weighted by molar-refractivity contribution is 7.89. The average molecular weight is 469 g/mol. The Morgan fingerprint density at radius 3 is 2.37 bits per heavy atom. The first-order chi connectivity index (χ1) is 14.4. The van der Waals surface area contributed by atoms with Gasteiger partial charge in [0.05, 0.1) is 5.02 Å². The number of hydrazine groups is 1. The number of halogens is 2. The zero-order valence-corrected chi connectivity index (χ0v) is 18.4. The van der Waals surface area contributed by atoms with Gasteiger partial charge in [0.25, 0.3) is 0 Å². The van der Waals surface area contributed by atoms with Gasteiger partial charge in [0.2, 0.25) is 15.9 Å². The molecule has 4 rings (SSSR count). The molecule has 0 spiro atoms. The number of piperazine rings is 1. The summed E-state index contributed by atoms with van der Waals surface area (Å²) in [6.45, 7) is 1.06. The Balaban J connectivity index is 1.37. The number of hydrogen-bond donors (Lipinski definition) is 2. The Hall–Kier alpha value is -1.68. The molecule has 1 amide bonds. The molecule has 160 valence electrons. The normalized spacial score (nSPS) is 22.9. The van der Waals surface area contributed by atoms with Crippen molar-refractivity contribution in [1.29, 1.82) is 0 Å². The van der Waals surface area contributed by atoms with Crippen LogP contribution in [-0.4, -0.2) is 55.8 Å². The topological polar surface area (TPSA) is 81.8 Å². The molecule has 2 saturated heterocycles. The van der Waals surface area contributed by atoms with Crippen LogP contribution >= 0.6 is 23.2 Å². The maximum absolute atomic E-state index is 12.9. The summed E-state index contributed by atoms with van der Waals surface area (Å²) in [6.07, 6.45) is 0.638.